The predicted octanol–water partition coefficient (Wildman–Crippen LogP) is 2.19. The Bertz CT molecular complexity index is 338. The summed E-state index contributed by atoms with van der Waals surface area (Å²) in [6, 6.07) is 7.21. The lowest BCUT2D eigenvalue weighted by Crippen LogP contribution is -2.17. The van der Waals surface area contributed by atoms with Crippen LogP contribution in [-0.4, -0.2) is 23.9 Å². The standard InChI is InChI=1S/C11H13FO3/c1-8-4-2-3-5-10(8)15-7-9(12)6-11(13)14/h2-5,9H,6-7H2,1H3,(H,13,14). The van der Waals surface area contributed by atoms with Crippen molar-refractivity contribution in [3.05, 3.63) is 29.8 Å². The Kier molecular flexibility index (Phi) is 4.09. The lowest BCUT2D eigenvalue weighted by atomic mass is 10.2. The number of para-hydroxylation sites is 1. The van der Waals surface area contributed by atoms with Crippen molar-refractivity contribution in [3.8, 4) is 5.75 Å². The van der Waals surface area contributed by atoms with Crippen LogP contribution in [-0.2, 0) is 4.79 Å². The Balaban J connectivity index is 2.43. The summed E-state index contributed by atoms with van der Waals surface area (Å²) < 4.78 is 18.1. The summed E-state index contributed by atoms with van der Waals surface area (Å²) in [6.45, 7) is 1.62. The highest BCUT2D eigenvalue weighted by Crippen LogP contribution is 2.16. The topological polar surface area (TPSA) is 46.5 Å². The average Bonchev–Trinajstić information content (AvgIpc) is 2.15. The Morgan fingerprint density at radius 3 is 2.80 bits per heavy atom. The molecule has 0 aliphatic heterocycles. The minimum absolute atomic E-state index is 0.225. The van der Waals surface area contributed by atoms with Gasteiger partial charge in [0.2, 0.25) is 0 Å². The highest BCUT2D eigenvalue weighted by Gasteiger charge is 2.12. The summed E-state index contributed by atoms with van der Waals surface area (Å²) in [5.41, 5.74) is 0.903. The Hall–Kier alpha value is -1.58. The van der Waals surface area contributed by atoms with Gasteiger partial charge in [-0.15, -0.1) is 0 Å². The van der Waals surface area contributed by atoms with E-state index in [1.165, 1.54) is 0 Å². The number of aryl methyl sites for hydroxylation is 1. The van der Waals surface area contributed by atoms with Crippen molar-refractivity contribution >= 4 is 5.97 Å². The van der Waals surface area contributed by atoms with Gasteiger partial charge in [0.05, 0.1) is 6.42 Å². The molecule has 0 aliphatic carbocycles. The van der Waals surface area contributed by atoms with Crippen molar-refractivity contribution < 1.29 is 19.0 Å². The van der Waals surface area contributed by atoms with E-state index in [4.69, 9.17) is 9.84 Å². The molecule has 0 spiro atoms. The second-order valence-electron chi connectivity index (χ2n) is 3.27. The first-order chi connectivity index (χ1) is 7.09. The van der Waals surface area contributed by atoms with Crippen LogP contribution in [0, 0.1) is 6.92 Å². The van der Waals surface area contributed by atoms with Crippen LogP contribution in [0.25, 0.3) is 0 Å². The lowest BCUT2D eigenvalue weighted by Gasteiger charge is -2.10. The molecule has 1 aromatic rings. The van der Waals surface area contributed by atoms with Crippen molar-refractivity contribution in [1.82, 2.24) is 0 Å². The molecule has 15 heavy (non-hydrogen) atoms. The maximum Gasteiger partial charge on any atom is 0.306 e. The third-order valence-electron chi connectivity index (χ3n) is 1.91. The molecular formula is C11H13FO3. The molecule has 4 heteroatoms. The molecule has 0 bridgehead atoms. The van der Waals surface area contributed by atoms with Gasteiger partial charge in [-0.1, -0.05) is 18.2 Å². The third-order valence-corrected chi connectivity index (χ3v) is 1.91. The fourth-order valence-electron chi connectivity index (χ4n) is 1.15. The normalized spacial score (nSPS) is 12.1. The Morgan fingerprint density at radius 1 is 1.53 bits per heavy atom. The van der Waals surface area contributed by atoms with Crippen molar-refractivity contribution in [1.29, 1.82) is 0 Å². The van der Waals surface area contributed by atoms with E-state index >= 15 is 0 Å². The van der Waals surface area contributed by atoms with Gasteiger partial charge in [0, 0.05) is 0 Å². The number of carboxylic acid groups (broad SMARTS) is 1. The monoisotopic (exact) mass is 212 g/mol. The summed E-state index contributed by atoms with van der Waals surface area (Å²) >= 11 is 0. The van der Waals surface area contributed by atoms with Crippen LogP contribution in [0.5, 0.6) is 5.75 Å². The quantitative estimate of drug-likeness (QED) is 0.813. The zero-order chi connectivity index (χ0) is 11.3. The largest absolute Gasteiger partial charge is 0.490 e. The molecule has 0 aliphatic rings. The minimum Gasteiger partial charge on any atom is -0.490 e. The van der Waals surface area contributed by atoms with Crippen LogP contribution in [0.2, 0.25) is 0 Å². The lowest BCUT2D eigenvalue weighted by molar-refractivity contribution is -0.138. The summed E-state index contributed by atoms with van der Waals surface area (Å²) in [7, 11) is 0. The van der Waals surface area contributed by atoms with Gasteiger partial charge in [-0.05, 0) is 18.6 Å². The van der Waals surface area contributed by atoms with Crippen molar-refractivity contribution in [2.24, 2.45) is 0 Å². The Morgan fingerprint density at radius 2 is 2.20 bits per heavy atom. The van der Waals surface area contributed by atoms with E-state index < -0.39 is 18.6 Å². The first-order valence-electron chi connectivity index (χ1n) is 4.64. The second kappa shape index (κ2) is 5.34. The van der Waals surface area contributed by atoms with E-state index in [1.54, 1.807) is 12.1 Å². The number of halogens is 1. The van der Waals surface area contributed by atoms with Gasteiger partial charge < -0.3 is 9.84 Å². The van der Waals surface area contributed by atoms with E-state index in [1.807, 2.05) is 19.1 Å². The molecule has 82 valence electrons. The van der Waals surface area contributed by atoms with Gasteiger partial charge in [-0.2, -0.15) is 0 Å². The van der Waals surface area contributed by atoms with Crippen LogP contribution in [0.15, 0.2) is 24.3 Å². The van der Waals surface area contributed by atoms with Crippen molar-refractivity contribution in [3.63, 3.8) is 0 Å². The average molecular weight is 212 g/mol. The summed E-state index contributed by atoms with van der Waals surface area (Å²) in [6.07, 6.45) is -1.99. The summed E-state index contributed by atoms with van der Waals surface area (Å²) in [4.78, 5) is 10.2. The molecule has 1 unspecified atom stereocenters. The molecule has 0 heterocycles. The van der Waals surface area contributed by atoms with Crippen molar-refractivity contribution in [2.45, 2.75) is 19.5 Å². The zero-order valence-corrected chi connectivity index (χ0v) is 8.44. The highest BCUT2D eigenvalue weighted by atomic mass is 19.1. The van der Waals surface area contributed by atoms with Gasteiger partial charge >= 0.3 is 5.97 Å². The first-order valence-corrected chi connectivity index (χ1v) is 4.64. The smallest absolute Gasteiger partial charge is 0.306 e. The molecule has 1 atom stereocenters. The van der Waals surface area contributed by atoms with Crippen LogP contribution in [0.1, 0.15) is 12.0 Å². The van der Waals surface area contributed by atoms with Crippen molar-refractivity contribution in [2.75, 3.05) is 6.61 Å². The van der Waals surface area contributed by atoms with E-state index in [0.29, 0.717) is 5.75 Å². The number of carboxylic acids is 1. The van der Waals surface area contributed by atoms with Crippen LogP contribution in [0.4, 0.5) is 4.39 Å². The zero-order valence-electron chi connectivity index (χ0n) is 8.44. The molecule has 0 aromatic heterocycles. The number of rotatable bonds is 5. The number of benzene rings is 1. The van der Waals surface area contributed by atoms with Crippen LogP contribution < -0.4 is 4.74 Å². The SMILES string of the molecule is Cc1ccccc1OCC(F)CC(=O)O. The van der Waals surface area contributed by atoms with E-state index in [2.05, 4.69) is 0 Å². The minimum atomic E-state index is -1.47. The summed E-state index contributed by atoms with van der Waals surface area (Å²) in [5, 5.41) is 8.34. The maximum atomic E-state index is 13.0. The van der Waals surface area contributed by atoms with Gasteiger partial charge in [0.25, 0.3) is 0 Å². The summed E-state index contributed by atoms with van der Waals surface area (Å²) in [5.74, 6) is -0.568. The van der Waals surface area contributed by atoms with Gasteiger partial charge in [-0.25, -0.2) is 4.39 Å². The number of hydrogen-bond donors (Lipinski definition) is 1. The molecule has 3 nitrogen and oxygen atoms in total. The number of carbonyl (C=O) groups is 1. The molecule has 0 amide bonds. The fourth-order valence-corrected chi connectivity index (χ4v) is 1.15. The third kappa shape index (κ3) is 3.97. The first kappa shape index (κ1) is 11.5. The highest BCUT2D eigenvalue weighted by molar-refractivity contribution is 5.67. The predicted molar refractivity (Wildman–Crippen MR) is 53.8 cm³/mol. The van der Waals surface area contributed by atoms with Gasteiger partial charge in [0.1, 0.15) is 18.5 Å². The molecular weight excluding hydrogens is 199 g/mol. The van der Waals surface area contributed by atoms with Gasteiger partial charge in [0.15, 0.2) is 0 Å². The van der Waals surface area contributed by atoms with Crippen LogP contribution >= 0.6 is 0 Å². The number of alkyl halides is 1. The molecule has 0 fully saturated rings. The molecule has 0 radical (unpaired) electrons. The molecule has 1 N–H and O–H groups in total. The number of aliphatic carboxylic acids is 1. The second-order valence-corrected chi connectivity index (χ2v) is 3.27. The molecule has 0 saturated carbocycles. The van der Waals surface area contributed by atoms with Gasteiger partial charge in [-0.3, -0.25) is 4.79 Å². The maximum absolute atomic E-state index is 13.0. The number of hydrogen-bond acceptors (Lipinski definition) is 2. The number of ether oxygens (including phenoxy) is 1. The molecule has 0 saturated heterocycles. The Labute approximate surface area is 87.5 Å². The molecule has 1 aromatic carbocycles. The van der Waals surface area contributed by atoms with E-state index in [0.717, 1.165) is 5.56 Å². The van der Waals surface area contributed by atoms with E-state index in [9.17, 15) is 9.18 Å². The fraction of sp³-hybridized carbons (Fsp3) is 0.364. The van der Waals surface area contributed by atoms with Crippen LogP contribution in [0.3, 0.4) is 0 Å². The molecule has 1 rings (SSSR count). The van der Waals surface area contributed by atoms with E-state index in [-0.39, 0.29) is 6.61 Å².